The minimum absolute atomic E-state index is 0.226. The van der Waals surface area contributed by atoms with Crippen LogP contribution >= 0.6 is 15.9 Å². The first-order chi connectivity index (χ1) is 13.2. The summed E-state index contributed by atoms with van der Waals surface area (Å²) in [5, 5.41) is 5.73. The highest BCUT2D eigenvalue weighted by Gasteiger charge is 2.06. The van der Waals surface area contributed by atoms with Gasteiger partial charge in [0.25, 0.3) is 0 Å². The maximum absolute atomic E-state index is 12.1. The van der Waals surface area contributed by atoms with Gasteiger partial charge in [0, 0.05) is 16.7 Å². The van der Waals surface area contributed by atoms with Crippen LogP contribution in [-0.4, -0.2) is 19.7 Å². The number of benzene rings is 3. The molecule has 0 bridgehead atoms. The Morgan fingerprint density at radius 2 is 1.67 bits per heavy atom. The van der Waals surface area contributed by atoms with Crippen molar-refractivity contribution in [3.8, 4) is 16.9 Å². The van der Waals surface area contributed by atoms with E-state index in [-0.39, 0.29) is 6.03 Å². The number of urea groups is 1. The van der Waals surface area contributed by atoms with Crippen LogP contribution in [0.2, 0.25) is 0 Å². The molecule has 0 aliphatic carbocycles. The number of carbonyl (C=O) groups is 1. The van der Waals surface area contributed by atoms with Gasteiger partial charge < -0.3 is 15.4 Å². The van der Waals surface area contributed by atoms with Crippen LogP contribution in [0.1, 0.15) is 5.56 Å². The number of amides is 2. The average Bonchev–Trinajstić information content (AvgIpc) is 2.69. The molecule has 0 aliphatic heterocycles. The molecule has 0 radical (unpaired) electrons. The summed E-state index contributed by atoms with van der Waals surface area (Å²) in [6.45, 7) is 0.515. The summed E-state index contributed by atoms with van der Waals surface area (Å²) < 4.78 is 6.34. The molecule has 0 unspecified atom stereocenters. The quantitative estimate of drug-likeness (QED) is 0.549. The molecule has 0 heterocycles. The van der Waals surface area contributed by atoms with E-state index in [1.807, 2.05) is 60.7 Å². The lowest BCUT2D eigenvalue weighted by Gasteiger charge is -2.11. The molecule has 0 fully saturated rings. The molecule has 0 saturated carbocycles. The fraction of sp³-hybridized carbons (Fsp3) is 0.136. The standard InChI is InChI=1S/C22H21BrN2O2/c1-27-21-12-9-19(23)15-18(21)13-14-24-22(26)25-20-10-7-17(8-11-20)16-5-3-2-4-6-16/h2-12,15H,13-14H2,1H3,(H2,24,25,26). The van der Waals surface area contributed by atoms with Crippen LogP contribution < -0.4 is 15.4 Å². The van der Waals surface area contributed by atoms with Crippen LogP contribution in [0.5, 0.6) is 5.75 Å². The molecule has 0 spiro atoms. The Hall–Kier alpha value is -2.79. The van der Waals surface area contributed by atoms with Crippen LogP contribution in [0.25, 0.3) is 11.1 Å². The van der Waals surface area contributed by atoms with E-state index in [0.717, 1.165) is 32.6 Å². The van der Waals surface area contributed by atoms with Gasteiger partial charge in [-0.2, -0.15) is 0 Å². The molecule has 0 saturated heterocycles. The lowest BCUT2D eigenvalue weighted by Crippen LogP contribution is -2.30. The van der Waals surface area contributed by atoms with Crippen molar-refractivity contribution in [2.75, 3.05) is 19.0 Å². The fourth-order valence-electron chi connectivity index (χ4n) is 2.81. The van der Waals surface area contributed by atoms with Crippen molar-refractivity contribution in [2.45, 2.75) is 6.42 Å². The Morgan fingerprint density at radius 1 is 0.963 bits per heavy atom. The molecule has 138 valence electrons. The van der Waals surface area contributed by atoms with Crippen molar-refractivity contribution < 1.29 is 9.53 Å². The minimum Gasteiger partial charge on any atom is -0.496 e. The highest BCUT2D eigenvalue weighted by Crippen LogP contribution is 2.23. The topological polar surface area (TPSA) is 50.4 Å². The third kappa shape index (κ3) is 5.34. The van der Waals surface area contributed by atoms with E-state index in [4.69, 9.17) is 4.74 Å². The van der Waals surface area contributed by atoms with Gasteiger partial charge in [-0.25, -0.2) is 4.79 Å². The van der Waals surface area contributed by atoms with E-state index >= 15 is 0 Å². The Morgan fingerprint density at radius 3 is 2.37 bits per heavy atom. The lowest BCUT2D eigenvalue weighted by atomic mass is 10.1. The number of anilines is 1. The number of methoxy groups -OCH3 is 1. The Labute approximate surface area is 167 Å². The highest BCUT2D eigenvalue weighted by atomic mass is 79.9. The van der Waals surface area contributed by atoms with Gasteiger partial charge in [0.05, 0.1) is 7.11 Å². The molecule has 0 aromatic heterocycles. The maximum atomic E-state index is 12.1. The average molecular weight is 425 g/mol. The third-order valence-corrected chi connectivity index (χ3v) is 4.67. The zero-order valence-electron chi connectivity index (χ0n) is 15.0. The Balaban J connectivity index is 1.52. The molecule has 3 aromatic rings. The van der Waals surface area contributed by atoms with Crippen molar-refractivity contribution in [2.24, 2.45) is 0 Å². The molecule has 27 heavy (non-hydrogen) atoms. The van der Waals surface area contributed by atoms with E-state index < -0.39 is 0 Å². The van der Waals surface area contributed by atoms with Crippen molar-refractivity contribution in [3.63, 3.8) is 0 Å². The molecule has 4 nitrogen and oxygen atoms in total. The van der Waals surface area contributed by atoms with Crippen LogP contribution in [0.15, 0.2) is 77.3 Å². The van der Waals surface area contributed by atoms with Gasteiger partial charge in [0.2, 0.25) is 0 Å². The Kier molecular flexibility index (Phi) is 6.49. The van der Waals surface area contributed by atoms with Crippen molar-refractivity contribution in [1.82, 2.24) is 5.32 Å². The summed E-state index contributed by atoms with van der Waals surface area (Å²) in [5.74, 6) is 0.817. The van der Waals surface area contributed by atoms with Crippen LogP contribution in [0.3, 0.4) is 0 Å². The molecular formula is C22H21BrN2O2. The van der Waals surface area contributed by atoms with Gasteiger partial charge >= 0.3 is 6.03 Å². The summed E-state index contributed by atoms with van der Waals surface area (Å²) in [5.41, 5.74) is 4.06. The van der Waals surface area contributed by atoms with Crippen LogP contribution in [-0.2, 0) is 6.42 Å². The van der Waals surface area contributed by atoms with E-state index in [2.05, 4.69) is 38.7 Å². The molecule has 2 amide bonds. The Bertz CT molecular complexity index is 896. The maximum Gasteiger partial charge on any atom is 0.319 e. The number of hydrogen-bond acceptors (Lipinski definition) is 2. The second kappa shape index (κ2) is 9.24. The predicted octanol–water partition coefficient (Wildman–Crippen LogP) is 5.49. The fourth-order valence-corrected chi connectivity index (χ4v) is 3.21. The van der Waals surface area contributed by atoms with E-state index in [9.17, 15) is 4.79 Å². The van der Waals surface area contributed by atoms with Gasteiger partial charge in [-0.15, -0.1) is 0 Å². The summed E-state index contributed by atoms with van der Waals surface area (Å²) in [6, 6.07) is 23.6. The van der Waals surface area contributed by atoms with E-state index in [0.29, 0.717) is 13.0 Å². The van der Waals surface area contributed by atoms with Gasteiger partial charge in [-0.1, -0.05) is 58.4 Å². The zero-order chi connectivity index (χ0) is 19.1. The first-order valence-electron chi connectivity index (χ1n) is 8.68. The van der Waals surface area contributed by atoms with E-state index in [1.165, 1.54) is 0 Å². The second-order valence-corrected chi connectivity index (χ2v) is 6.95. The number of rotatable bonds is 6. The highest BCUT2D eigenvalue weighted by molar-refractivity contribution is 9.10. The minimum atomic E-state index is -0.226. The third-order valence-electron chi connectivity index (χ3n) is 4.17. The normalized spacial score (nSPS) is 10.3. The van der Waals surface area contributed by atoms with Crippen molar-refractivity contribution >= 4 is 27.6 Å². The summed E-state index contributed by atoms with van der Waals surface area (Å²) in [6.07, 6.45) is 0.684. The zero-order valence-corrected chi connectivity index (χ0v) is 16.6. The van der Waals surface area contributed by atoms with Crippen LogP contribution in [0.4, 0.5) is 10.5 Å². The molecular weight excluding hydrogens is 404 g/mol. The van der Waals surface area contributed by atoms with E-state index in [1.54, 1.807) is 7.11 Å². The van der Waals surface area contributed by atoms with Gasteiger partial charge in [0.15, 0.2) is 0 Å². The molecule has 5 heteroatoms. The van der Waals surface area contributed by atoms with Crippen molar-refractivity contribution in [1.29, 1.82) is 0 Å². The number of ether oxygens (including phenoxy) is 1. The predicted molar refractivity (Wildman–Crippen MR) is 113 cm³/mol. The number of nitrogens with one attached hydrogen (secondary N) is 2. The van der Waals surface area contributed by atoms with Gasteiger partial charge in [0.1, 0.15) is 5.75 Å². The summed E-state index contributed by atoms with van der Waals surface area (Å²) >= 11 is 3.46. The molecule has 3 aromatic carbocycles. The number of halogens is 1. The molecule has 0 aliphatic rings. The monoisotopic (exact) mass is 424 g/mol. The largest absolute Gasteiger partial charge is 0.496 e. The number of carbonyl (C=O) groups excluding carboxylic acids is 1. The number of hydrogen-bond donors (Lipinski definition) is 2. The second-order valence-electron chi connectivity index (χ2n) is 6.03. The van der Waals surface area contributed by atoms with Crippen molar-refractivity contribution in [3.05, 3.63) is 82.8 Å². The smallest absolute Gasteiger partial charge is 0.319 e. The van der Waals surface area contributed by atoms with Crippen LogP contribution in [0, 0.1) is 0 Å². The molecule has 3 rings (SSSR count). The first kappa shape index (κ1) is 19.0. The summed E-state index contributed by atoms with van der Waals surface area (Å²) in [4.78, 5) is 12.1. The molecule has 2 N–H and O–H groups in total. The SMILES string of the molecule is COc1ccc(Br)cc1CCNC(=O)Nc1ccc(-c2ccccc2)cc1. The van der Waals surface area contributed by atoms with Gasteiger partial charge in [-0.05, 0) is 53.4 Å². The van der Waals surface area contributed by atoms with Gasteiger partial charge in [-0.3, -0.25) is 0 Å². The summed E-state index contributed by atoms with van der Waals surface area (Å²) in [7, 11) is 1.64. The molecule has 0 atom stereocenters. The first-order valence-corrected chi connectivity index (χ1v) is 9.48. The lowest BCUT2D eigenvalue weighted by molar-refractivity contribution is 0.252.